The quantitative estimate of drug-likeness (QED) is 0.758. The number of carbonyl (C=O) groups is 1. The van der Waals surface area contributed by atoms with Crippen molar-refractivity contribution < 1.29 is 9.53 Å². The number of rotatable bonds is 6. The Bertz CT molecular complexity index is 834. The maximum absolute atomic E-state index is 12.5. The standard InChI is InChI=1S/C19H19N3O2/c1-2-24-19-17(21-15-10-6-7-11-16(15)22-19)18(23)20-13-12-14-8-4-3-5-9-14/h3-11H,2,12-13H2,1H3,(H,20,23). The van der Waals surface area contributed by atoms with Crippen LogP contribution >= 0.6 is 0 Å². The maximum atomic E-state index is 12.5. The van der Waals surface area contributed by atoms with Crippen molar-refractivity contribution in [3.8, 4) is 5.88 Å². The Hall–Kier alpha value is -2.95. The summed E-state index contributed by atoms with van der Waals surface area (Å²) in [4.78, 5) is 21.3. The molecule has 0 bridgehead atoms. The molecule has 1 amide bonds. The van der Waals surface area contributed by atoms with Crippen LogP contribution in [0.4, 0.5) is 0 Å². The molecular weight excluding hydrogens is 302 g/mol. The second-order valence-corrected chi connectivity index (χ2v) is 5.29. The number of ether oxygens (including phenoxy) is 1. The summed E-state index contributed by atoms with van der Waals surface area (Å²) in [7, 11) is 0. The number of aromatic nitrogens is 2. The molecule has 0 aliphatic heterocycles. The molecule has 0 fully saturated rings. The third kappa shape index (κ3) is 3.68. The molecule has 0 spiro atoms. The molecule has 3 aromatic rings. The summed E-state index contributed by atoms with van der Waals surface area (Å²) in [6.45, 7) is 2.81. The Morgan fingerprint density at radius 1 is 1.00 bits per heavy atom. The van der Waals surface area contributed by atoms with E-state index >= 15 is 0 Å². The summed E-state index contributed by atoms with van der Waals surface area (Å²) in [5.74, 6) is 0.000968. The van der Waals surface area contributed by atoms with Gasteiger partial charge in [0.1, 0.15) is 0 Å². The van der Waals surface area contributed by atoms with Gasteiger partial charge in [-0.1, -0.05) is 42.5 Å². The van der Waals surface area contributed by atoms with E-state index in [1.165, 1.54) is 5.56 Å². The molecule has 122 valence electrons. The fraction of sp³-hybridized carbons (Fsp3) is 0.211. The minimum absolute atomic E-state index is 0.226. The third-order valence-electron chi connectivity index (χ3n) is 3.58. The molecule has 0 aliphatic carbocycles. The van der Waals surface area contributed by atoms with Gasteiger partial charge in [0, 0.05) is 6.54 Å². The first-order valence-corrected chi connectivity index (χ1v) is 7.99. The van der Waals surface area contributed by atoms with E-state index in [4.69, 9.17) is 4.74 Å². The van der Waals surface area contributed by atoms with E-state index in [2.05, 4.69) is 15.3 Å². The summed E-state index contributed by atoms with van der Waals surface area (Å²) < 4.78 is 5.50. The zero-order chi connectivity index (χ0) is 16.8. The smallest absolute Gasteiger partial charge is 0.275 e. The minimum Gasteiger partial charge on any atom is -0.476 e. The van der Waals surface area contributed by atoms with Gasteiger partial charge in [-0.2, -0.15) is 0 Å². The lowest BCUT2D eigenvalue weighted by molar-refractivity contribution is 0.0944. The Labute approximate surface area is 140 Å². The van der Waals surface area contributed by atoms with Gasteiger partial charge in [0.05, 0.1) is 17.6 Å². The maximum Gasteiger partial charge on any atom is 0.275 e. The van der Waals surface area contributed by atoms with E-state index in [0.717, 1.165) is 6.42 Å². The number of hydrogen-bond acceptors (Lipinski definition) is 4. The van der Waals surface area contributed by atoms with E-state index < -0.39 is 0 Å². The number of hydrogen-bond donors (Lipinski definition) is 1. The van der Waals surface area contributed by atoms with Crippen LogP contribution in [0.5, 0.6) is 5.88 Å². The molecule has 1 N–H and O–H groups in total. The Kier molecular flexibility index (Phi) is 5.01. The SMILES string of the molecule is CCOc1nc2ccccc2nc1C(=O)NCCc1ccccc1. The fourth-order valence-corrected chi connectivity index (χ4v) is 2.42. The summed E-state index contributed by atoms with van der Waals surface area (Å²) in [5, 5.41) is 2.89. The van der Waals surface area contributed by atoms with Crippen molar-refractivity contribution in [3.63, 3.8) is 0 Å². The Morgan fingerprint density at radius 3 is 2.38 bits per heavy atom. The second-order valence-electron chi connectivity index (χ2n) is 5.29. The molecular formula is C19H19N3O2. The monoisotopic (exact) mass is 321 g/mol. The van der Waals surface area contributed by atoms with E-state index in [9.17, 15) is 4.79 Å². The van der Waals surface area contributed by atoms with E-state index in [1.807, 2.05) is 61.5 Å². The number of amides is 1. The molecule has 5 heteroatoms. The molecule has 0 saturated heterocycles. The second kappa shape index (κ2) is 7.55. The van der Waals surface area contributed by atoms with E-state index in [0.29, 0.717) is 24.2 Å². The predicted octanol–water partition coefficient (Wildman–Crippen LogP) is 3.00. The van der Waals surface area contributed by atoms with Gasteiger partial charge in [-0.25, -0.2) is 9.97 Å². The highest BCUT2D eigenvalue weighted by Crippen LogP contribution is 2.18. The number of carbonyl (C=O) groups excluding carboxylic acids is 1. The average molecular weight is 321 g/mol. The van der Waals surface area contributed by atoms with Crippen LogP contribution < -0.4 is 10.1 Å². The first-order valence-electron chi connectivity index (χ1n) is 7.99. The molecule has 5 nitrogen and oxygen atoms in total. The van der Waals surface area contributed by atoms with Gasteiger partial charge in [-0.3, -0.25) is 4.79 Å². The number of nitrogens with one attached hydrogen (secondary N) is 1. The average Bonchev–Trinajstić information content (AvgIpc) is 2.62. The van der Waals surface area contributed by atoms with Crippen LogP contribution in [0.1, 0.15) is 23.0 Å². The predicted molar refractivity (Wildman–Crippen MR) is 93.2 cm³/mol. The van der Waals surface area contributed by atoms with Gasteiger partial charge in [-0.15, -0.1) is 0 Å². The van der Waals surface area contributed by atoms with Crippen LogP contribution in [0.25, 0.3) is 11.0 Å². The molecule has 0 radical (unpaired) electrons. The van der Waals surface area contributed by atoms with Crippen molar-refractivity contribution in [1.29, 1.82) is 0 Å². The lowest BCUT2D eigenvalue weighted by atomic mass is 10.1. The lowest BCUT2D eigenvalue weighted by Gasteiger charge is -2.10. The van der Waals surface area contributed by atoms with Crippen LogP contribution in [-0.4, -0.2) is 29.0 Å². The van der Waals surface area contributed by atoms with Crippen LogP contribution in [0.2, 0.25) is 0 Å². The highest BCUT2D eigenvalue weighted by atomic mass is 16.5. The first-order chi connectivity index (χ1) is 11.8. The van der Waals surface area contributed by atoms with Crippen LogP contribution in [0, 0.1) is 0 Å². The zero-order valence-electron chi connectivity index (χ0n) is 13.5. The van der Waals surface area contributed by atoms with Gasteiger partial charge in [0.2, 0.25) is 5.88 Å². The van der Waals surface area contributed by atoms with Crippen molar-refractivity contribution >= 4 is 16.9 Å². The van der Waals surface area contributed by atoms with E-state index in [1.54, 1.807) is 0 Å². The lowest BCUT2D eigenvalue weighted by Crippen LogP contribution is -2.27. The molecule has 0 atom stereocenters. The van der Waals surface area contributed by atoms with Crippen molar-refractivity contribution in [2.24, 2.45) is 0 Å². The van der Waals surface area contributed by atoms with Crippen LogP contribution in [0.3, 0.4) is 0 Å². The molecule has 24 heavy (non-hydrogen) atoms. The summed E-state index contributed by atoms with van der Waals surface area (Å²) in [6.07, 6.45) is 0.761. The molecule has 1 aromatic heterocycles. The highest BCUT2D eigenvalue weighted by molar-refractivity contribution is 5.96. The van der Waals surface area contributed by atoms with Crippen molar-refractivity contribution in [3.05, 3.63) is 65.9 Å². The van der Waals surface area contributed by atoms with E-state index in [-0.39, 0.29) is 17.5 Å². The minimum atomic E-state index is -0.271. The van der Waals surface area contributed by atoms with Crippen LogP contribution in [-0.2, 0) is 6.42 Å². The van der Waals surface area contributed by atoms with Gasteiger partial charge < -0.3 is 10.1 Å². The molecule has 0 unspecified atom stereocenters. The first kappa shape index (κ1) is 15.9. The van der Waals surface area contributed by atoms with Crippen molar-refractivity contribution in [1.82, 2.24) is 15.3 Å². The molecule has 1 heterocycles. The van der Waals surface area contributed by atoms with Crippen LogP contribution in [0.15, 0.2) is 54.6 Å². The number of benzene rings is 2. The van der Waals surface area contributed by atoms with Crippen molar-refractivity contribution in [2.75, 3.05) is 13.2 Å². The summed E-state index contributed by atoms with van der Waals surface area (Å²) in [6, 6.07) is 17.4. The van der Waals surface area contributed by atoms with Crippen molar-refractivity contribution in [2.45, 2.75) is 13.3 Å². The molecule has 3 rings (SSSR count). The van der Waals surface area contributed by atoms with Gasteiger partial charge in [-0.05, 0) is 31.0 Å². The van der Waals surface area contributed by atoms with Gasteiger partial charge in [0.15, 0.2) is 5.69 Å². The fourth-order valence-electron chi connectivity index (χ4n) is 2.42. The third-order valence-corrected chi connectivity index (χ3v) is 3.58. The highest BCUT2D eigenvalue weighted by Gasteiger charge is 2.17. The molecule has 0 aliphatic rings. The molecule has 2 aromatic carbocycles. The number of nitrogens with zero attached hydrogens (tertiary/aromatic N) is 2. The summed E-state index contributed by atoms with van der Waals surface area (Å²) in [5.41, 5.74) is 2.78. The molecule has 0 saturated carbocycles. The topological polar surface area (TPSA) is 64.1 Å². The Morgan fingerprint density at radius 2 is 1.67 bits per heavy atom. The number of para-hydroxylation sites is 2. The van der Waals surface area contributed by atoms with Gasteiger partial charge in [0.25, 0.3) is 5.91 Å². The largest absolute Gasteiger partial charge is 0.476 e. The zero-order valence-corrected chi connectivity index (χ0v) is 13.5. The van der Waals surface area contributed by atoms with Gasteiger partial charge >= 0.3 is 0 Å². The summed E-state index contributed by atoms with van der Waals surface area (Å²) >= 11 is 0. The number of fused-ring (bicyclic) bond motifs is 1. The normalized spacial score (nSPS) is 10.5. The Balaban J connectivity index is 1.76.